The Balaban J connectivity index is 0.00000243. The lowest BCUT2D eigenvalue weighted by Crippen LogP contribution is -2.42. The van der Waals surface area contributed by atoms with Crippen molar-refractivity contribution in [2.45, 2.75) is 31.7 Å². The third-order valence-electron chi connectivity index (χ3n) is 5.06. The first-order valence-corrected chi connectivity index (χ1v) is 8.84. The van der Waals surface area contributed by atoms with Crippen molar-refractivity contribution >= 4 is 30.1 Å². The molecule has 0 aromatic heterocycles. The topological polar surface area (TPSA) is 96.1 Å². The van der Waals surface area contributed by atoms with Crippen LogP contribution in [0.15, 0.2) is 24.3 Å². The number of carbonyl (C=O) groups is 2. The highest BCUT2D eigenvalue weighted by atomic mass is 35.5. The smallest absolute Gasteiger partial charge is 0.324 e. The van der Waals surface area contributed by atoms with Gasteiger partial charge < -0.3 is 20.5 Å². The second kappa shape index (κ2) is 9.09. The average molecular weight is 384 g/mol. The lowest BCUT2D eigenvalue weighted by Gasteiger charge is -2.33. The van der Waals surface area contributed by atoms with Crippen LogP contribution in [0.2, 0.25) is 0 Å². The summed E-state index contributed by atoms with van der Waals surface area (Å²) in [6.45, 7) is 2.27. The van der Waals surface area contributed by atoms with Crippen molar-refractivity contribution in [3.63, 3.8) is 0 Å². The highest BCUT2D eigenvalue weighted by Gasteiger charge is 2.37. The second-order valence-corrected chi connectivity index (χ2v) is 6.60. The van der Waals surface area contributed by atoms with Gasteiger partial charge in [0.2, 0.25) is 0 Å². The van der Waals surface area contributed by atoms with Crippen LogP contribution in [-0.2, 0) is 4.79 Å². The number of carboxylic acid groups (broad SMARTS) is 1. The fourth-order valence-corrected chi connectivity index (χ4v) is 3.67. The van der Waals surface area contributed by atoms with Gasteiger partial charge in [0.15, 0.2) is 0 Å². The predicted molar refractivity (Wildman–Crippen MR) is 101 cm³/mol. The fourth-order valence-electron chi connectivity index (χ4n) is 3.67. The lowest BCUT2D eigenvalue weighted by atomic mass is 9.85. The van der Waals surface area contributed by atoms with Crippen molar-refractivity contribution in [2.75, 3.05) is 31.1 Å². The Bertz CT molecular complexity index is 617. The van der Waals surface area contributed by atoms with Gasteiger partial charge in [-0.05, 0) is 49.9 Å². The number of ether oxygens (including phenoxy) is 1. The second-order valence-electron chi connectivity index (χ2n) is 6.60. The summed E-state index contributed by atoms with van der Waals surface area (Å²) in [5.74, 6) is -0.236. The Morgan fingerprint density at radius 2 is 1.81 bits per heavy atom. The van der Waals surface area contributed by atoms with Crippen LogP contribution in [0.5, 0.6) is 5.75 Å². The number of carboxylic acids is 1. The molecule has 0 atom stereocenters. The third kappa shape index (κ3) is 4.40. The summed E-state index contributed by atoms with van der Waals surface area (Å²) >= 11 is 0. The van der Waals surface area contributed by atoms with E-state index in [0.717, 1.165) is 24.3 Å². The lowest BCUT2D eigenvalue weighted by molar-refractivity contribution is -0.143. The first-order valence-electron chi connectivity index (χ1n) is 8.84. The summed E-state index contributed by atoms with van der Waals surface area (Å²) in [6.07, 6.45) is 2.83. The number of anilines is 1. The molecule has 26 heavy (non-hydrogen) atoms. The van der Waals surface area contributed by atoms with Crippen LogP contribution in [0.3, 0.4) is 0 Å². The third-order valence-corrected chi connectivity index (χ3v) is 5.06. The Kier molecular flexibility index (Phi) is 7.11. The van der Waals surface area contributed by atoms with Gasteiger partial charge in [0, 0.05) is 31.4 Å². The standard InChI is InChI=1S/C18H25N3O4.ClH/c19-9-12-25-16-7-5-15(6-8-16)21-11-10-20(18(21)24)14-3-1-13(2-4-14)17(22)23;/h5-8,13-14H,1-4,9-12,19H2,(H,22,23);1H/t13-,14-;. The van der Waals surface area contributed by atoms with Crippen molar-refractivity contribution in [3.8, 4) is 5.75 Å². The molecule has 0 spiro atoms. The summed E-state index contributed by atoms with van der Waals surface area (Å²) in [5.41, 5.74) is 6.27. The van der Waals surface area contributed by atoms with Gasteiger partial charge in [-0.25, -0.2) is 4.79 Å². The van der Waals surface area contributed by atoms with Gasteiger partial charge in [-0.3, -0.25) is 9.69 Å². The number of rotatable bonds is 6. The van der Waals surface area contributed by atoms with E-state index in [0.29, 0.717) is 39.1 Å². The minimum Gasteiger partial charge on any atom is -0.492 e. The van der Waals surface area contributed by atoms with Crippen molar-refractivity contribution in [2.24, 2.45) is 11.7 Å². The summed E-state index contributed by atoms with van der Waals surface area (Å²) < 4.78 is 5.46. The number of nitrogens with two attached hydrogens (primary N) is 1. The summed E-state index contributed by atoms with van der Waals surface area (Å²) in [6, 6.07) is 7.62. The van der Waals surface area contributed by atoms with Gasteiger partial charge in [0.25, 0.3) is 0 Å². The van der Waals surface area contributed by atoms with Crippen LogP contribution in [0.25, 0.3) is 0 Å². The number of urea groups is 1. The zero-order chi connectivity index (χ0) is 17.8. The molecule has 2 amide bonds. The van der Waals surface area contributed by atoms with E-state index in [-0.39, 0.29) is 30.4 Å². The molecule has 1 heterocycles. The van der Waals surface area contributed by atoms with Crippen LogP contribution in [0.1, 0.15) is 25.7 Å². The number of amides is 2. The fraction of sp³-hybridized carbons (Fsp3) is 0.556. The molecule has 144 valence electrons. The molecule has 1 aliphatic heterocycles. The molecule has 8 heteroatoms. The number of aliphatic carboxylic acids is 1. The number of carbonyl (C=O) groups excluding carboxylic acids is 1. The molecule has 0 radical (unpaired) electrons. The number of hydrogen-bond donors (Lipinski definition) is 2. The van der Waals surface area contributed by atoms with E-state index >= 15 is 0 Å². The first-order chi connectivity index (χ1) is 12.1. The number of nitrogens with zero attached hydrogens (tertiary/aromatic N) is 2. The van der Waals surface area contributed by atoms with Crippen molar-refractivity contribution in [1.82, 2.24) is 4.90 Å². The van der Waals surface area contributed by atoms with Crippen molar-refractivity contribution < 1.29 is 19.4 Å². The Labute approximate surface area is 159 Å². The molecule has 1 saturated heterocycles. The average Bonchev–Trinajstić information content (AvgIpc) is 3.02. The molecule has 3 N–H and O–H groups in total. The van der Waals surface area contributed by atoms with Gasteiger partial charge in [-0.1, -0.05) is 0 Å². The Hall–Kier alpha value is -1.99. The normalized spacial score (nSPS) is 22.9. The highest BCUT2D eigenvalue weighted by molar-refractivity contribution is 5.94. The molecule has 2 aliphatic rings. The van der Waals surface area contributed by atoms with Crippen LogP contribution in [0.4, 0.5) is 10.5 Å². The molecule has 3 rings (SSSR count). The van der Waals surface area contributed by atoms with Gasteiger partial charge in [0.1, 0.15) is 12.4 Å². The maximum Gasteiger partial charge on any atom is 0.324 e. The molecular weight excluding hydrogens is 358 g/mol. The molecule has 1 aromatic carbocycles. The van der Waals surface area contributed by atoms with E-state index in [1.165, 1.54) is 0 Å². The van der Waals surface area contributed by atoms with E-state index in [9.17, 15) is 9.59 Å². The zero-order valence-corrected chi connectivity index (χ0v) is 15.5. The summed E-state index contributed by atoms with van der Waals surface area (Å²) in [7, 11) is 0. The molecule has 7 nitrogen and oxygen atoms in total. The molecule has 1 aliphatic carbocycles. The first kappa shape index (κ1) is 20.3. The van der Waals surface area contributed by atoms with Gasteiger partial charge in [-0.15, -0.1) is 12.4 Å². The molecule has 0 unspecified atom stereocenters. The van der Waals surface area contributed by atoms with Crippen molar-refractivity contribution in [1.29, 1.82) is 0 Å². The predicted octanol–water partition coefficient (Wildman–Crippen LogP) is 2.33. The monoisotopic (exact) mass is 383 g/mol. The zero-order valence-electron chi connectivity index (χ0n) is 14.7. The van der Waals surface area contributed by atoms with E-state index in [4.69, 9.17) is 15.6 Å². The molecule has 2 fully saturated rings. The maximum atomic E-state index is 12.8. The Morgan fingerprint density at radius 1 is 1.15 bits per heavy atom. The van der Waals surface area contributed by atoms with Gasteiger partial charge in [0.05, 0.1) is 5.92 Å². The van der Waals surface area contributed by atoms with E-state index in [1.807, 2.05) is 29.2 Å². The summed E-state index contributed by atoms with van der Waals surface area (Å²) in [4.78, 5) is 27.5. The maximum absolute atomic E-state index is 12.8. The SMILES string of the molecule is Cl.NCCOc1ccc(N2CCN([C@H]3CC[C@H](C(=O)O)CC3)C2=O)cc1. The number of hydrogen-bond acceptors (Lipinski definition) is 4. The van der Waals surface area contributed by atoms with Crippen molar-refractivity contribution in [3.05, 3.63) is 24.3 Å². The minimum absolute atomic E-state index is 0. The van der Waals surface area contributed by atoms with E-state index < -0.39 is 5.97 Å². The summed E-state index contributed by atoms with van der Waals surface area (Å²) in [5, 5.41) is 9.10. The van der Waals surface area contributed by atoms with Gasteiger partial charge in [-0.2, -0.15) is 0 Å². The minimum atomic E-state index is -0.718. The van der Waals surface area contributed by atoms with Gasteiger partial charge >= 0.3 is 12.0 Å². The number of benzene rings is 1. The van der Waals surface area contributed by atoms with Crippen LogP contribution >= 0.6 is 12.4 Å². The molecule has 1 aromatic rings. The molecule has 0 bridgehead atoms. The molecule has 1 saturated carbocycles. The van der Waals surface area contributed by atoms with Crippen LogP contribution in [0, 0.1) is 5.92 Å². The van der Waals surface area contributed by atoms with E-state index in [1.54, 1.807) is 4.90 Å². The van der Waals surface area contributed by atoms with E-state index in [2.05, 4.69) is 0 Å². The number of halogens is 1. The van der Waals surface area contributed by atoms with Crippen LogP contribution in [-0.4, -0.2) is 54.3 Å². The Morgan fingerprint density at radius 3 is 2.38 bits per heavy atom. The highest BCUT2D eigenvalue weighted by Crippen LogP contribution is 2.31. The van der Waals surface area contributed by atoms with Crippen LogP contribution < -0.4 is 15.4 Å². The molecular formula is C18H26ClN3O4. The largest absolute Gasteiger partial charge is 0.492 e. The quantitative estimate of drug-likeness (QED) is 0.785.